The maximum atomic E-state index is 10.8. The number of rotatable bonds is 6. The molecule has 0 aromatic carbocycles. The van der Waals surface area contributed by atoms with E-state index in [1.165, 1.54) is 11.3 Å². The van der Waals surface area contributed by atoms with Crippen molar-refractivity contribution in [1.82, 2.24) is 4.98 Å². The van der Waals surface area contributed by atoms with Gasteiger partial charge < -0.3 is 10.0 Å². The monoisotopic (exact) mass is 256 g/mol. The first-order chi connectivity index (χ1) is 7.99. The molecule has 0 aliphatic rings. The van der Waals surface area contributed by atoms with Crippen LogP contribution in [-0.2, 0) is 11.2 Å². The average molecular weight is 256 g/mol. The molecule has 0 atom stereocenters. The van der Waals surface area contributed by atoms with E-state index < -0.39 is 5.97 Å². The van der Waals surface area contributed by atoms with Crippen molar-refractivity contribution >= 4 is 22.4 Å². The summed E-state index contributed by atoms with van der Waals surface area (Å²) in [5, 5.41) is 9.84. The van der Waals surface area contributed by atoms with Gasteiger partial charge in [-0.05, 0) is 19.8 Å². The molecule has 0 saturated carbocycles. The lowest BCUT2D eigenvalue weighted by Crippen LogP contribution is -2.21. The first-order valence-corrected chi connectivity index (χ1v) is 6.77. The zero-order valence-corrected chi connectivity index (χ0v) is 11.7. The molecule has 0 spiro atoms. The Balaban J connectivity index is 3.06. The zero-order valence-electron chi connectivity index (χ0n) is 10.9. The molecule has 0 aliphatic carbocycles. The first-order valence-electron chi connectivity index (χ1n) is 5.95. The molecule has 0 bridgehead atoms. The number of thiazole rings is 1. The van der Waals surface area contributed by atoms with E-state index in [1.54, 1.807) is 0 Å². The van der Waals surface area contributed by atoms with Crippen LogP contribution in [0.25, 0.3) is 0 Å². The molecule has 5 heteroatoms. The lowest BCUT2D eigenvalue weighted by molar-refractivity contribution is -0.136. The van der Waals surface area contributed by atoms with E-state index in [-0.39, 0.29) is 12.3 Å². The van der Waals surface area contributed by atoms with Gasteiger partial charge in [-0.3, -0.25) is 4.79 Å². The Hall–Kier alpha value is -1.10. The van der Waals surface area contributed by atoms with E-state index in [4.69, 9.17) is 5.11 Å². The van der Waals surface area contributed by atoms with Crippen molar-refractivity contribution < 1.29 is 9.90 Å². The molecular weight excluding hydrogens is 236 g/mol. The van der Waals surface area contributed by atoms with Gasteiger partial charge in [-0.25, -0.2) is 4.98 Å². The fourth-order valence-corrected chi connectivity index (χ4v) is 3.03. The summed E-state index contributed by atoms with van der Waals surface area (Å²) < 4.78 is 0. The van der Waals surface area contributed by atoms with Gasteiger partial charge >= 0.3 is 5.97 Å². The van der Waals surface area contributed by atoms with Crippen LogP contribution in [0.5, 0.6) is 0 Å². The van der Waals surface area contributed by atoms with Crippen molar-refractivity contribution in [3.63, 3.8) is 0 Å². The summed E-state index contributed by atoms with van der Waals surface area (Å²) in [6.45, 7) is 10.1. The third kappa shape index (κ3) is 3.43. The first kappa shape index (κ1) is 14.0. The van der Waals surface area contributed by atoms with E-state index in [9.17, 15) is 4.79 Å². The normalized spacial score (nSPS) is 10.9. The highest BCUT2D eigenvalue weighted by molar-refractivity contribution is 7.15. The van der Waals surface area contributed by atoms with Gasteiger partial charge in [0, 0.05) is 18.0 Å². The van der Waals surface area contributed by atoms with Crippen LogP contribution in [0.4, 0.5) is 5.13 Å². The second-order valence-corrected chi connectivity index (χ2v) is 5.26. The Kier molecular flexibility index (Phi) is 4.93. The van der Waals surface area contributed by atoms with Gasteiger partial charge in [0.2, 0.25) is 0 Å². The van der Waals surface area contributed by atoms with Gasteiger partial charge in [-0.1, -0.05) is 13.8 Å². The van der Waals surface area contributed by atoms with Crippen LogP contribution in [0.15, 0.2) is 0 Å². The van der Waals surface area contributed by atoms with E-state index in [1.807, 2.05) is 13.8 Å². The van der Waals surface area contributed by atoms with Crippen LogP contribution in [0.3, 0.4) is 0 Å². The van der Waals surface area contributed by atoms with E-state index in [0.29, 0.717) is 0 Å². The van der Waals surface area contributed by atoms with Crippen LogP contribution >= 0.6 is 11.3 Å². The molecule has 17 heavy (non-hydrogen) atoms. The van der Waals surface area contributed by atoms with E-state index >= 15 is 0 Å². The van der Waals surface area contributed by atoms with Crippen LogP contribution in [0, 0.1) is 0 Å². The quantitative estimate of drug-likeness (QED) is 0.850. The van der Waals surface area contributed by atoms with Gasteiger partial charge in [-0.2, -0.15) is 0 Å². The smallest absolute Gasteiger partial charge is 0.308 e. The number of aliphatic carboxylic acids is 1. The number of hydrogen-bond acceptors (Lipinski definition) is 4. The van der Waals surface area contributed by atoms with Crippen LogP contribution in [0.2, 0.25) is 0 Å². The summed E-state index contributed by atoms with van der Waals surface area (Å²) in [7, 11) is 0. The van der Waals surface area contributed by atoms with Gasteiger partial charge in [-0.15, -0.1) is 11.3 Å². The van der Waals surface area contributed by atoms with Crippen molar-refractivity contribution in [2.24, 2.45) is 0 Å². The number of hydrogen-bond donors (Lipinski definition) is 1. The van der Waals surface area contributed by atoms with Gasteiger partial charge in [0.15, 0.2) is 5.13 Å². The minimum atomic E-state index is -0.790. The summed E-state index contributed by atoms with van der Waals surface area (Å²) in [5.41, 5.74) is 0.930. The van der Waals surface area contributed by atoms with Crippen molar-refractivity contribution in [3.8, 4) is 0 Å². The number of carboxylic acid groups (broad SMARTS) is 1. The second kappa shape index (κ2) is 6.00. The van der Waals surface area contributed by atoms with Crippen LogP contribution in [0.1, 0.15) is 44.2 Å². The summed E-state index contributed by atoms with van der Waals surface area (Å²) in [4.78, 5) is 18.5. The third-order valence-electron chi connectivity index (χ3n) is 2.61. The molecule has 1 N–H and O–H groups in total. The third-order valence-corrected chi connectivity index (χ3v) is 3.74. The highest BCUT2D eigenvalue weighted by Crippen LogP contribution is 2.31. The van der Waals surface area contributed by atoms with Gasteiger partial charge in [0.05, 0.1) is 12.1 Å². The van der Waals surface area contributed by atoms with Crippen LogP contribution in [-0.4, -0.2) is 29.1 Å². The average Bonchev–Trinajstić information content (AvgIpc) is 2.63. The Morgan fingerprint density at radius 2 is 2.00 bits per heavy atom. The van der Waals surface area contributed by atoms with Crippen molar-refractivity contribution in [1.29, 1.82) is 0 Å². The van der Waals surface area contributed by atoms with Crippen molar-refractivity contribution in [3.05, 3.63) is 10.6 Å². The molecule has 0 aliphatic heterocycles. The largest absolute Gasteiger partial charge is 0.481 e. The molecule has 1 aromatic rings. The second-order valence-electron chi connectivity index (χ2n) is 4.20. The standard InChI is InChI=1S/C12H20N2O2S/c1-5-14(6-2)12-13-11(8(3)4)9(17-12)7-10(15)16/h8H,5-7H2,1-4H3,(H,15,16). The Morgan fingerprint density at radius 1 is 1.41 bits per heavy atom. The minimum Gasteiger partial charge on any atom is -0.481 e. The number of carboxylic acids is 1. The SMILES string of the molecule is CCN(CC)c1nc(C(C)C)c(CC(=O)O)s1. The van der Waals surface area contributed by atoms with Crippen LogP contribution < -0.4 is 4.90 Å². The fourth-order valence-electron chi connectivity index (χ4n) is 1.70. The summed E-state index contributed by atoms with van der Waals surface area (Å²) in [5.74, 6) is -0.522. The van der Waals surface area contributed by atoms with E-state index in [0.717, 1.165) is 28.8 Å². The summed E-state index contributed by atoms with van der Waals surface area (Å²) >= 11 is 1.51. The summed E-state index contributed by atoms with van der Waals surface area (Å²) in [6, 6.07) is 0. The molecule has 0 fully saturated rings. The highest BCUT2D eigenvalue weighted by atomic mass is 32.1. The minimum absolute atomic E-state index is 0.0758. The summed E-state index contributed by atoms with van der Waals surface area (Å²) in [6.07, 6.45) is 0.0758. The lowest BCUT2D eigenvalue weighted by atomic mass is 10.1. The highest BCUT2D eigenvalue weighted by Gasteiger charge is 2.18. The number of nitrogens with zero attached hydrogens (tertiary/aromatic N) is 2. The number of anilines is 1. The fraction of sp³-hybridized carbons (Fsp3) is 0.667. The molecule has 1 heterocycles. The predicted molar refractivity (Wildman–Crippen MR) is 71.1 cm³/mol. The number of carbonyl (C=O) groups is 1. The molecule has 1 rings (SSSR count). The number of aromatic nitrogens is 1. The topological polar surface area (TPSA) is 53.4 Å². The molecule has 1 aromatic heterocycles. The van der Waals surface area contributed by atoms with Gasteiger partial charge in [0.25, 0.3) is 0 Å². The maximum absolute atomic E-state index is 10.8. The maximum Gasteiger partial charge on any atom is 0.308 e. The van der Waals surface area contributed by atoms with Crippen molar-refractivity contribution in [2.75, 3.05) is 18.0 Å². The molecule has 0 saturated heterocycles. The molecule has 4 nitrogen and oxygen atoms in total. The van der Waals surface area contributed by atoms with E-state index in [2.05, 4.69) is 23.7 Å². The zero-order chi connectivity index (χ0) is 13.0. The molecule has 96 valence electrons. The molecule has 0 unspecified atom stereocenters. The van der Waals surface area contributed by atoms with Crippen molar-refractivity contribution in [2.45, 2.75) is 40.0 Å². The lowest BCUT2D eigenvalue weighted by Gasteiger charge is -2.16. The predicted octanol–water partition coefficient (Wildman–Crippen LogP) is 2.74. The Labute approximate surface area is 106 Å². The Bertz CT molecular complexity index is 384. The Morgan fingerprint density at radius 3 is 2.41 bits per heavy atom. The molecule has 0 amide bonds. The van der Waals surface area contributed by atoms with Gasteiger partial charge in [0.1, 0.15) is 0 Å². The molecular formula is C12H20N2O2S. The molecule has 0 radical (unpaired) electrons.